The Kier molecular flexibility index (Phi) is 5.77. The summed E-state index contributed by atoms with van der Waals surface area (Å²) in [4.78, 5) is 10.7. The van der Waals surface area contributed by atoms with E-state index in [2.05, 4.69) is 5.32 Å². The van der Waals surface area contributed by atoms with Gasteiger partial charge < -0.3 is 21.3 Å². The number of primary amides is 1. The van der Waals surface area contributed by atoms with Crippen molar-refractivity contribution in [3.05, 3.63) is 35.4 Å². The van der Waals surface area contributed by atoms with Crippen molar-refractivity contribution in [2.75, 3.05) is 6.54 Å². The molecule has 0 saturated heterocycles. The van der Waals surface area contributed by atoms with E-state index < -0.39 is 18.1 Å². The fourth-order valence-electron chi connectivity index (χ4n) is 1.70. The molecule has 18 heavy (non-hydrogen) atoms. The number of aliphatic hydroxyl groups excluding tert-OH is 2. The lowest BCUT2D eigenvalue weighted by Crippen LogP contribution is -2.25. The van der Waals surface area contributed by atoms with Crippen LogP contribution in [0.25, 0.3) is 0 Å². The van der Waals surface area contributed by atoms with Crippen LogP contribution >= 0.6 is 0 Å². The molecule has 0 aliphatic heterocycles. The van der Waals surface area contributed by atoms with Crippen molar-refractivity contribution in [1.82, 2.24) is 5.32 Å². The second-order valence-corrected chi connectivity index (χ2v) is 4.21. The minimum Gasteiger partial charge on any atom is -0.390 e. The van der Waals surface area contributed by atoms with Gasteiger partial charge >= 0.3 is 0 Å². The minimum atomic E-state index is -1.17. The molecule has 0 radical (unpaired) electrons. The Morgan fingerprint density at radius 2 is 2.17 bits per heavy atom. The Labute approximate surface area is 107 Å². The Morgan fingerprint density at radius 3 is 2.78 bits per heavy atom. The lowest BCUT2D eigenvalue weighted by Gasteiger charge is -2.17. The Morgan fingerprint density at radius 1 is 1.44 bits per heavy atom. The molecule has 1 aromatic rings. The van der Waals surface area contributed by atoms with E-state index in [1.54, 1.807) is 12.1 Å². The monoisotopic (exact) mass is 252 g/mol. The van der Waals surface area contributed by atoms with Gasteiger partial charge in [0.1, 0.15) is 6.10 Å². The molecule has 0 heterocycles. The Balaban J connectivity index is 2.72. The first-order valence-corrected chi connectivity index (χ1v) is 5.98. The molecule has 1 rings (SSSR count). The van der Waals surface area contributed by atoms with Crippen LogP contribution in [0.4, 0.5) is 0 Å². The number of rotatable bonds is 7. The molecule has 1 amide bonds. The van der Waals surface area contributed by atoms with Gasteiger partial charge in [0.15, 0.2) is 0 Å². The maximum absolute atomic E-state index is 10.7. The molecule has 0 bridgehead atoms. The molecular formula is C13H20N2O3. The molecule has 0 spiro atoms. The number of benzene rings is 1. The van der Waals surface area contributed by atoms with Gasteiger partial charge in [0, 0.05) is 6.54 Å². The molecule has 2 unspecified atom stereocenters. The average molecular weight is 252 g/mol. The summed E-state index contributed by atoms with van der Waals surface area (Å²) in [6.45, 7) is 3.56. The standard InChI is InChI=1S/C13H20N2O3/c1-2-15-8-9-4-3-5-10(6-9)13(18)11(16)7-12(14)17/h3-6,11,13,15-16,18H,2,7-8H2,1H3,(H2,14,17). The van der Waals surface area contributed by atoms with Gasteiger partial charge in [-0.1, -0.05) is 31.2 Å². The topological polar surface area (TPSA) is 95.6 Å². The number of hydrogen-bond acceptors (Lipinski definition) is 4. The van der Waals surface area contributed by atoms with Crippen LogP contribution in [0.1, 0.15) is 30.6 Å². The van der Waals surface area contributed by atoms with Gasteiger partial charge in [-0.3, -0.25) is 4.79 Å². The molecule has 2 atom stereocenters. The van der Waals surface area contributed by atoms with Crippen molar-refractivity contribution < 1.29 is 15.0 Å². The molecule has 0 aliphatic rings. The zero-order valence-corrected chi connectivity index (χ0v) is 10.5. The van der Waals surface area contributed by atoms with E-state index in [-0.39, 0.29) is 6.42 Å². The van der Waals surface area contributed by atoms with Gasteiger partial charge in [-0.05, 0) is 17.7 Å². The summed E-state index contributed by atoms with van der Waals surface area (Å²) >= 11 is 0. The maximum atomic E-state index is 10.7. The van der Waals surface area contributed by atoms with Crippen molar-refractivity contribution in [1.29, 1.82) is 0 Å². The maximum Gasteiger partial charge on any atom is 0.220 e. The number of aliphatic hydroxyl groups is 2. The van der Waals surface area contributed by atoms with Crippen LogP contribution in [0, 0.1) is 0 Å². The quantitative estimate of drug-likeness (QED) is 0.552. The van der Waals surface area contributed by atoms with E-state index in [0.29, 0.717) is 12.1 Å². The second-order valence-electron chi connectivity index (χ2n) is 4.21. The van der Waals surface area contributed by atoms with Gasteiger partial charge in [-0.15, -0.1) is 0 Å². The largest absolute Gasteiger partial charge is 0.390 e. The predicted octanol–water partition coefficient (Wildman–Crippen LogP) is 0.0658. The molecular weight excluding hydrogens is 232 g/mol. The highest BCUT2D eigenvalue weighted by Gasteiger charge is 2.20. The number of carbonyl (C=O) groups excluding carboxylic acids is 1. The average Bonchev–Trinajstić information content (AvgIpc) is 2.35. The van der Waals surface area contributed by atoms with Crippen LogP contribution in [-0.4, -0.2) is 28.8 Å². The zero-order valence-electron chi connectivity index (χ0n) is 10.5. The van der Waals surface area contributed by atoms with Crippen LogP contribution in [0.3, 0.4) is 0 Å². The molecule has 0 aliphatic carbocycles. The van der Waals surface area contributed by atoms with Crippen molar-refractivity contribution >= 4 is 5.91 Å². The summed E-state index contributed by atoms with van der Waals surface area (Å²) in [5, 5.41) is 22.7. The first-order valence-electron chi connectivity index (χ1n) is 5.98. The normalized spacial score (nSPS) is 14.2. The summed E-state index contributed by atoms with van der Waals surface area (Å²) in [6, 6.07) is 7.25. The highest BCUT2D eigenvalue weighted by atomic mass is 16.3. The number of hydrogen-bond donors (Lipinski definition) is 4. The van der Waals surface area contributed by atoms with E-state index in [9.17, 15) is 15.0 Å². The van der Waals surface area contributed by atoms with Crippen LogP contribution in [0.2, 0.25) is 0 Å². The number of carbonyl (C=O) groups is 1. The molecule has 0 saturated carbocycles. The fourth-order valence-corrected chi connectivity index (χ4v) is 1.70. The van der Waals surface area contributed by atoms with E-state index in [1.807, 2.05) is 19.1 Å². The van der Waals surface area contributed by atoms with E-state index in [4.69, 9.17) is 5.73 Å². The lowest BCUT2D eigenvalue weighted by atomic mass is 10.00. The predicted molar refractivity (Wildman–Crippen MR) is 68.6 cm³/mol. The highest BCUT2D eigenvalue weighted by Crippen LogP contribution is 2.19. The van der Waals surface area contributed by atoms with Crippen LogP contribution in [0.15, 0.2) is 24.3 Å². The van der Waals surface area contributed by atoms with Crippen LogP contribution in [-0.2, 0) is 11.3 Å². The molecule has 5 nitrogen and oxygen atoms in total. The first-order chi connectivity index (χ1) is 8.54. The van der Waals surface area contributed by atoms with E-state index in [0.717, 1.165) is 12.1 Å². The van der Waals surface area contributed by atoms with Gasteiger partial charge in [-0.25, -0.2) is 0 Å². The molecule has 5 heteroatoms. The molecule has 100 valence electrons. The number of amides is 1. The SMILES string of the molecule is CCNCc1cccc(C(O)C(O)CC(N)=O)c1. The first kappa shape index (κ1) is 14.6. The van der Waals surface area contributed by atoms with Crippen molar-refractivity contribution in [3.63, 3.8) is 0 Å². The van der Waals surface area contributed by atoms with Gasteiger partial charge in [0.2, 0.25) is 5.91 Å². The van der Waals surface area contributed by atoms with E-state index in [1.165, 1.54) is 0 Å². The number of nitrogens with two attached hydrogens (primary N) is 1. The van der Waals surface area contributed by atoms with Gasteiger partial charge in [0.05, 0.1) is 12.5 Å². The van der Waals surface area contributed by atoms with Crippen LogP contribution in [0.5, 0.6) is 0 Å². The molecule has 0 aromatic heterocycles. The lowest BCUT2D eigenvalue weighted by molar-refractivity contribution is -0.121. The summed E-state index contributed by atoms with van der Waals surface area (Å²) in [5.41, 5.74) is 6.58. The summed E-state index contributed by atoms with van der Waals surface area (Å²) in [7, 11) is 0. The fraction of sp³-hybridized carbons (Fsp3) is 0.462. The van der Waals surface area contributed by atoms with Crippen molar-refractivity contribution in [3.8, 4) is 0 Å². The second kappa shape index (κ2) is 7.10. The third-order valence-electron chi connectivity index (χ3n) is 2.65. The number of nitrogens with one attached hydrogen (secondary N) is 1. The van der Waals surface area contributed by atoms with Crippen molar-refractivity contribution in [2.45, 2.75) is 32.1 Å². The summed E-state index contributed by atoms with van der Waals surface area (Å²) < 4.78 is 0. The van der Waals surface area contributed by atoms with Gasteiger partial charge in [0.25, 0.3) is 0 Å². The van der Waals surface area contributed by atoms with Crippen molar-refractivity contribution in [2.24, 2.45) is 5.73 Å². The zero-order chi connectivity index (χ0) is 13.5. The third-order valence-corrected chi connectivity index (χ3v) is 2.65. The van der Waals surface area contributed by atoms with Gasteiger partial charge in [-0.2, -0.15) is 0 Å². The Hall–Kier alpha value is -1.43. The Bertz CT molecular complexity index is 396. The molecule has 1 aromatic carbocycles. The van der Waals surface area contributed by atoms with Crippen LogP contribution < -0.4 is 11.1 Å². The smallest absolute Gasteiger partial charge is 0.220 e. The highest BCUT2D eigenvalue weighted by molar-refractivity contribution is 5.74. The third kappa shape index (κ3) is 4.44. The minimum absolute atomic E-state index is 0.251. The van der Waals surface area contributed by atoms with E-state index >= 15 is 0 Å². The molecule has 5 N–H and O–H groups in total. The molecule has 0 fully saturated rings. The summed E-state index contributed by atoms with van der Waals surface area (Å²) in [6.07, 6.45) is -2.52. The summed E-state index contributed by atoms with van der Waals surface area (Å²) in [5.74, 6) is -0.634.